The van der Waals surface area contributed by atoms with Crippen LogP contribution in [0.2, 0.25) is 0 Å². The van der Waals surface area contributed by atoms with E-state index < -0.39 is 0 Å². The third kappa shape index (κ3) is 2.59. The number of nitrogens with one attached hydrogen (secondary N) is 1. The smallest absolute Gasteiger partial charge is 0.239 e. The lowest BCUT2D eigenvalue weighted by molar-refractivity contribution is -0.134. The van der Waals surface area contributed by atoms with Gasteiger partial charge in [0.1, 0.15) is 0 Å². The van der Waals surface area contributed by atoms with E-state index in [4.69, 9.17) is 0 Å². The number of hydrogen-bond donors (Lipinski definition) is 1. The van der Waals surface area contributed by atoms with Gasteiger partial charge in [0.05, 0.1) is 16.4 Å². The molecule has 1 aliphatic heterocycles. The van der Waals surface area contributed by atoms with Crippen molar-refractivity contribution in [2.24, 2.45) is 0 Å². The van der Waals surface area contributed by atoms with Crippen molar-refractivity contribution in [2.75, 3.05) is 13.6 Å². The highest BCUT2D eigenvalue weighted by molar-refractivity contribution is 9.11. The molecule has 2 heterocycles. The third-order valence-electron chi connectivity index (χ3n) is 2.52. The Morgan fingerprint density at radius 3 is 2.93 bits per heavy atom. The Morgan fingerprint density at radius 2 is 2.47 bits per heavy atom. The SMILES string of the molecule is CN(Cc1ccc(Br)s1)C(=O)[C@H]1CCN1. The summed E-state index contributed by atoms with van der Waals surface area (Å²) in [5.41, 5.74) is 0. The van der Waals surface area contributed by atoms with Crippen LogP contribution in [-0.2, 0) is 11.3 Å². The fourth-order valence-electron chi connectivity index (χ4n) is 1.51. The van der Waals surface area contributed by atoms with E-state index in [1.54, 1.807) is 16.2 Å². The van der Waals surface area contributed by atoms with Crippen LogP contribution in [0, 0.1) is 0 Å². The third-order valence-corrected chi connectivity index (χ3v) is 4.13. The van der Waals surface area contributed by atoms with E-state index in [1.807, 2.05) is 19.2 Å². The second-order valence-electron chi connectivity index (χ2n) is 3.70. The van der Waals surface area contributed by atoms with E-state index in [0.717, 1.165) is 16.8 Å². The highest BCUT2D eigenvalue weighted by Crippen LogP contribution is 2.23. The van der Waals surface area contributed by atoms with E-state index in [2.05, 4.69) is 21.2 Å². The van der Waals surface area contributed by atoms with Crippen LogP contribution in [0.1, 0.15) is 11.3 Å². The van der Waals surface area contributed by atoms with Crippen LogP contribution in [0.25, 0.3) is 0 Å². The summed E-state index contributed by atoms with van der Waals surface area (Å²) in [4.78, 5) is 14.8. The van der Waals surface area contributed by atoms with Gasteiger partial charge in [0.25, 0.3) is 0 Å². The average Bonchev–Trinajstić information content (AvgIpc) is 2.48. The Labute approximate surface area is 102 Å². The number of amides is 1. The van der Waals surface area contributed by atoms with Gasteiger partial charge in [-0.15, -0.1) is 11.3 Å². The predicted octanol–water partition coefficient (Wildman–Crippen LogP) is 1.83. The molecule has 1 fully saturated rings. The fourth-order valence-corrected chi connectivity index (χ4v) is 3.05. The Hall–Kier alpha value is -0.390. The maximum Gasteiger partial charge on any atom is 0.239 e. The van der Waals surface area contributed by atoms with Crippen LogP contribution < -0.4 is 5.32 Å². The Morgan fingerprint density at radius 1 is 1.73 bits per heavy atom. The molecule has 1 atom stereocenters. The maximum absolute atomic E-state index is 11.8. The Kier molecular flexibility index (Phi) is 3.43. The molecule has 0 aliphatic carbocycles. The number of nitrogens with zero attached hydrogens (tertiary/aromatic N) is 1. The summed E-state index contributed by atoms with van der Waals surface area (Å²) in [6.07, 6.45) is 0.970. The summed E-state index contributed by atoms with van der Waals surface area (Å²) in [5, 5.41) is 3.12. The normalized spacial score (nSPS) is 19.7. The molecule has 1 aromatic rings. The van der Waals surface area contributed by atoms with Gasteiger partial charge in [0, 0.05) is 11.9 Å². The van der Waals surface area contributed by atoms with Gasteiger partial charge in [-0.3, -0.25) is 4.79 Å². The van der Waals surface area contributed by atoms with Gasteiger partial charge in [0.15, 0.2) is 0 Å². The van der Waals surface area contributed by atoms with Crippen LogP contribution in [-0.4, -0.2) is 30.4 Å². The van der Waals surface area contributed by atoms with Crippen LogP contribution in [0.4, 0.5) is 0 Å². The van der Waals surface area contributed by atoms with Gasteiger partial charge in [-0.1, -0.05) is 0 Å². The minimum Gasteiger partial charge on any atom is -0.339 e. The Bertz CT molecular complexity index is 362. The highest BCUT2D eigenvalue weighted by Gasteiger charge is 2.27. The van der Waals surface area contributed by atoms with Crippen molar-refractivity contribution >= 4 is 33.2 Å². The molecular weight excluding hydrogens is 276 g/mol. The molecule has 0 aromatic carbocycles. The highest BCUT2D eigenvalue weighted by atomic mass is 79.9. The first-order chi connectivity index (χ1) is 7.16. The van der Waals surface area contributed by atoms with Crippen molar-refractivity contribution in [2.45, 2.75) is 19.0 Å². The lowest BCUT2D eigenvalue weighted by atomic mass is 10.1. The average molecular weight is 289 g/mol. The van der Waals surface area contributed by atoms with Gasteiger partial charge < -0.3 is 10.2 Å². The van der Waals surface area contributed by atoms with Crippen molar-refractivity contribution in [1.82, 2.24) is 10.2 Å². The summed E-state index contributed by atoms with van der Waals surface area (Å²) in [7, 11) is 1.86. The molecule has 0 saturated carbocycles. The molecule has 15 heavy (non-hydrogen) atoms. The lowest BCUT2D eigenvalue weighted by Crippen LogP contribution is -2.53. The van der Waals surface area contributed by atoms with E-state index in [1.165, 1.54) is 4.88 Å². The second-order valence-corrected chi connectivity index (χ2v) is 6.24. The molecule has 1 amide bonds. The van der Waals surface area contributed by atoms with Crippen molar-refractivity contribution in [3.63, 3.8) is 0 Å². The van der Waals surface area contributed by atoms with E-state index in [-0.39, 0.29) is 11.9 Å². The van der Waals surface area contributed by atoms with Crippen molar-refractivity contribution in [1.29, 1.82) is 0 Å². The zero-order valence-electron chi connectivity index (χ0n) is 8.50. The molecule has 2 rings (SSSR count). The van der Waals surface area contributed by atoms with Crippen LogP contribution in [0.15, 0.2) is 15.9 Å². The molecule has 5 heteroatoms. The zero-order valence-corrected chi connectivity index (χ0v) is 10.9. The predicted molar refractivity (Wildman–Crippen MR) is 64.9 cm³/mol. The molecule has 3 nitrogen and oxygen atoms in total. The van der Waals surface area contributed by atoms with Gasteiger partial charge in [-0.05, 0) is 41.0 Å². The first-order valence-electron chi connectivity index (χ1n) is 4.89. The number of carbonyl (C=O) groups excluding carboxylic acids is 1. The minimum atomic E-state index is 0.0541. The van der Waals surface area contributed by atoms with Gasteiger partial charge >= 0.3 is 0 Å². The quantitative estimate of drug-likeness (QED) is 0.920. The molecule has 1 saturated heterocycles. The van der Waals surface area contributed by atoms with Crippen LogP contribution in [0.3, 0.4) is 0 Å². The van der Waals surface area contributed by atoms with Gasteiger partial charge in [-0.25, -0.2) is 0 Å². The minimum absolute atomic E-state index is 0.0541. The summed E-state index contributed by atoms with van der Waals surface area (Å²) in [6.45, 7) is 1.67. The lowest BCUT2D eigenvalue weighted by Gasteiger charge is -2.30. The zero-order chi connectivity index (χ0) is 10.8. The second kappa shape index (κ2) is 4.63. The van der Waals surface area contributed by atoms with E-state index >= 15 is 0 Å². The van der Waals surface area contributed by atoms with Gasteiger partial charge in [0.2, 0.25) is 5.91 Å². The largest absolute Gasteiger partial charge is 0.339 e. The summed E-state index contributed by atoms with van der Waals surface area (Å²) < 4.78 is 1.11. The summed E-state index contributed by atoms with van der Waals surface area (Å²) in [6, 6.07) is 4.12. The first kappa shape index (κ1) is 11.1. The number of hydrogen-bond acceptors (Lipinski definition) is 3. The number of likely N-dealkylation sites (N-methyl/N-ethyl adjacent to an activating group) is 1. The van der Waals surface area contributed by atoms with Crippen LogP contribution >= 0.6 is 27.3 Å². The van der Waals surface area contributed by atoms with Gasteiger partial charge in [-0.2, -0.15) is 0 Å². The molecular formula is C10H13BrN2OS. The molecule has 1 aromatic heterocycles. The van der Waals surface area contributed by atoms with Crippen molar-refractivity contribution in [3.8, 4) is 0 Å². The molecule has 0 unspecified atom stereocenters. The summed E-state index contributed by atoms with van der Waals surface area (Å²) >= 11 is 5.09. The number of rotatable bonds is 3. The maximum atomic E-state index is 11.8. The standard InChI is InChI=1S/C10H13BrN2OS/c1-13(10(14)8-4-5-12-8)6-7-2-3-9(11)15-7/h2-3,8,12H,4-6H2,1H3/t8-/m1/s1. The van der Waals surface area contributed by atoms with E-state index in [9.17, 15) is 4.79 Å². The van der Waals surface area contributed by atoms with Crippen LogP contribution in [0.5, 0.6) is 0 Å². The molecule has 1 N–H and O–H groups in total. The number of thiophene rings is 1. The Balaban J connectivity index is 1.91. The number of carbonyl (C=O) groups is 1. The number of halogens is 1. The molecule has 0 spiro atoms. The monoisotopic (exact) mass is 288 g/mol. The van der Waals surface area contributed by atoms with Crippen molar-refractivity contribution < 1.29 is 4.79 Å². The first-order valence-corrected chi connectivity index (χ1v) is 6.50. The topological polar surface area (TPSA) is 32.3 Å². The molecule has 0 bridgehead atoms. The van der Waals surface area contributed by atoms with E-state index in [0.29, 0.717) is 6.54 Å². The summed E-state index contributed by atoms with van der Waals surface area (Å²) in [5.74, 6) is 0.200. The fraction of sp³-hybridized carbons (Fsp3) is 0.500. The van der Waals surface area contributed by atoms with Crippen molar-refractivity contribution in [3.05, 3.63) is 20.8 Å². The molecule has 1 aliphatic rings. The molecule has 0 radical (unpaired) electrons. The molecule has 82 valence electrons.